The molecule has 12 heavy (non-hydrogen) atoms. The number of hydrogen-bond donors (Lipinski definition) is 2. The van der Waals surface area contributed by atoms with Crippen molar-refractivity contribution in [2.45, 2.75) is 32.1 Å². The van der Waals surface area contributed by atoms with E-state index in [1.807, 2.05) is 5.32 Å². The molecule has 0 heterocycles. The van der Waals surface area contributed by atoms with E-state index < -0.39 is 6.09 Å². The molecule has 0 aromatic carbocycles. The Bertz CT molecular complexity index is 185. The maximum atomic E-state index is 11.1. The summed E-state index contributed by atoms with van der Waals surface area (Å²) in [6, 6.07) is 0. The molecule has 0 unspecified atom stereocenters. The molecule has 1 rings (SSSR count). The fourth-order valence-corrected chi connectivity index (χ4v) is 1.57. The number of hydrogen-bond acceptors (Lipinski definition) is 2. The number of carbonyl (C=O) groups excluding carboxylic acids is 1. The third-order valence-corrected chi connectivity index (χ3v) is 2.21. The Balaban J connectivity index is 2.34. The minimum Gasteiger partial charge on any atom is -0.465 e. The van der Waals surface area contributed by atoms with Gasteiger partial charge in [0.2, 0.25) is 5.91 Å². The monoisotopic (exact) mass is 171 g/mol. The van der Waals surface area contributed by atoms with Gasteiger partial charge >= 0.3 is 6.09 Å². The van der Waals surface area contributed by atoms with E-state index in [4.69, 9.17) is 5.11 Å². The Kier molecular flexibility index (Phi) is 3.08. The predicted molar refractivity (Wildman–Crippen MR) is 42.7 cm³/mol. The average molecular weight is 171 g/mol. The van der Waals surface area contributed by atoms with Crippen molar-refractivity contribution in [1.29, 1.82) is 0 Å². The second-order valence-electron chi connectivity index (χ2n) is 3.13. The molecular weight excluding hydrogens is 158 g/mol. The molecule has 1 aliphatic carbocycles. The lowest BCUT2D eigenvalue weighted by molar-refractivity contribution is -0.125. The van der Waals surface area contributed by atoms with Gasteiger partial charge in [0.1, 0.15) is 0 Å². The van der Waals surface area contributed by atoms with Crippen LogP contribution in [0, 0.1) is 5.92 Å². The Hall–Kier alpha value is -1.06. The Morgan fingerprint density at radius 2 is 1.75 bits per heavy atom. The van der Waals surface area contributed by atoms with Crippen LogP contribution in [0.1, 0.15) is 32.1 Å². The summed E-state index contributed by atoms with van der Waals surface area (Å²) in [6.45, 7) is 0. The van der Waals surface area contributed by atoms with Crippen LogP contribution in [-0.2, 0) is 4.79 Å². The van der Waals surface area contributed by atoms with Gasteiger partial charge in [-0.2, -0.15) is 0 Å². The number of carbonyl (C=O) groups is 2. The Morgan fingerprint density at radius 3 is 2.25 bits per heavy atom. The summed E-state index contributed by atoms with van der Waals surface area (Å²) in [5, 5.41) is 10.2. The van der Waals surface area contributed by atoms with Crippen LogP contribution >= 0.6 is 0 Å². The number of amides is 2. The van der Waals surface area contributed by atoms with E-state index in [0.717, 1.165) is 32.1 Å². The largest absolute Gasteiger partial charge is 0.465 e. The van der Waals surface area contributed by atoms with Crippen molar-refractivity contribution in [3.63, 3.8) is 0 Å². The smallest absolute Gasteiger partial charge is 0.411 e. The van der Waals surface area contributed by atoms with Gasteiger partial charge in [-0.15, -0.1) is 0 Å². The summed E-state index contributed by atoms with van der Waals surface area (Å²) in [5.41, 5.74) is 0. The molecule has 4 nitrogen and oxygen atoms in total. The third kappa shape index (κ3) is 2.53. The lowest BCUT2D eigenvalue weighted by atomic mass is 9.89. The summed E-state index contributed by atoms with van der Waals surface area (Å²) in [6.07, 6.45) is 3.66. The second-order valence-corrected chi connectivity index (χ2v) is 3.13. The van der Waals surface area contributed by atoms with Crippen LogP contribution in [0.3, 0.4) is 0 Å². The number of rotatable bonds is 1. The molecule has 1 aliphatic rings. The van der Waals surface area contributed by atoms with Crippen molar-refractivity contribution in [2.75, 3.05) is 0 Å². The summed E-state index contributed by atoms with van der Waals surface area (Å²) in [5.74, 6) is -0.406. The highest BCUT2D eigenvalue weighted by molar-refractivity contribution is 5.92. The molecule has 0 aromatic heterocycles. The van der Waals surface area contributed by atoms with Crippen LogP contribution in [0.25, 0.3) is 0 Å². The number of nitrogens with one attached hydrogen (secondary N) is 1. The zero-order valence-electron chi connectivity index (χ0n) is 6.88. The molecule has 2 amide bonds. The maximum absolute atomic E-state index is 11.1. The SMILES string of the molecule is O=C(O)NC(=O)C1CCCCC1. The summed E-state index contributed by atoms with van der Waals surface area (Å²) >= 11 is 0. The fraction of sp³-hybridized carbons (Fsp3) is 0.750. The first-order valence-electron chi connectivity index (χ1n) is 4.24. The average Bonchev–Trinajstić information content (AvgIpc) is 2.05. The zero-order chi connectivity index (χ0) is 8.97. The van der Waals surface area contributed by atoms with Gasteiger partial charge < -0.3 is 5.11 Å². The van der Waals surface area contributed by atoms with Crippen LogP contribution in [-0.4, -0.2) is 17.1 Å². The van der Waals surface area contributed by atoms with Crippen molar-refractivity contribution in [1.82, 2.24) is 5.32 Å². The lowest BCUT2D eigenvalue weighted by Gasteiger charge is -2.19. The fourth-order valence-electron chi connectivity index (χ4n) is 1.57. The van der Waals surface area contributed by atoms with Crippen molar-refractivity contribution >= 4 is 12.0 Å². The van der Waals surface area contributed by atoms with E-state index in [9.17, 15) is 9.59 Å². The van der Waals surface area contributed by atoms with E-state index in [0.29, 0.717) is 0 Å². The normalized spacial score (nSPS) is 18.7. The zero-order valence-corrected chi connectivity index (χ0v) is 6.88. The van der Waals surface area contributed by atoms with Gasteiger partial charge in [-0.25, -0.2) is 4.79 Å². The highest BCUT2D eigenvalue weighted by atomic mass is 16.4. The van der Waals surface area contributed by atoms with Gasteiger partial charge in [0.05, 0.1) is 0 Å². The molecular formula is C8H13NO3. The summed E-state index contributed by atoms with van der Waals surface area (Å²) in [4.78, 5) is 21.2. The first-order valence-corrected chi connectivity index (χ1v) is 4.24. The molecule has 0 spiro atoms. The van der Waals surface area contributed by atoms with E-state index in [2.05, 4.69) is 0 Å². The van der Waals surface area contributed by atoms with Crippen LogP contribution in [0.15, 0.2) is 0 Å². The van der Waals surface area contributed by atoms with Crippen molar-refractivity contribution < 1.29 is 14.7 Å². The number of carboxylic acid groups (broad SMARTS) is 1. The number of imide groups is 1. The predicted octanol–water partition coefficient (Wildman–Crippen LogP) is 1.36. The highest BCUT2D eigenvalue weighted by Crippen LogP contribution is 2.23. The van der Waals surface area contributed by atoms with E-state index in [-0.39, 0.29) is 11.8 Å². The minimum atomic E-state index is -1.24. The van der Waals surface area contributed by atoms with Gasteiger partial charge in [0, 0.05) is 5.92 Å². The van der Waals surface area contributed by atoms with Gasteiger partial charge in [0.15, 0.2) is 0 Å². The van der Waals surface area contributed by atoms with Crippen molar-refractivity contribution in [3.8, 4) is 0 Å². The molecule has 0 saturated heterocycles. The molecule has 0 radical (unpaired) electrons. The molecule has 1 fully saturated rings. The first-order chi connectivity index (χ1) is 5.70. The highest BCUT2D eigenvalue weighted by Gasteiger charge is 2.21. The van der Waals surface area contributed by atoms with Gasteiger partial charge in [0.25, 0.3) is 0 Å². The van der Waals surface area contributed by atoms with Gasteiger partial charge in [-0.3, -0.25) is 10.1 Å². The molecule has 0 aliphatic heterocycles. The molecule has 68 valence electrons. The van der Waals surface area contributed by atoms with Crippen molar-refractivity contribution in [3.05, 3.63) is 0 Å². The summed E-state index contributed by atoms with van der Waals surface area (Å²) < 4.78 is 0. The van der Waals surface area contributed by atoms with Gasteiger partial charge in [-0.05, 0) is 12.8 Å². The standard InChI is InChI=1S/C8H13NO3/c10-7(9-8(11)12)6-4-2-1-3-5-6/h6H,1-5H2,(H,9,10)(H,11,12). The van der Waals surface area contributed by atoms with E-state index in [1.165, 1.54) is 0 Å². The molecule has 1 saturated carbocycles. The van der Waals surface area contributed by atoms with Crippen molar-refractivity contribution in [2.24, 2.45) is 5.92 Å². The van der Waals surface area contributed by atoms with E-state index >= 15 is 0 Å². The quantitative estimate of drug-likeness (QED) is 0.626. The topological polar surface area (TPSA) is 66.4 Å². The van der Waals surface area contributed by atoms with Crippen LogP contribution < -0.4 is 5.32 Å². The van der Waals surface area contributed by atoms with Crippen LogP contribution in [0.5, 0.6) is 0 Å². The molecule has 0 atom stereocenters. The van der Waals surface area contributed by atoms with E-state index in [1.54, 1.807) is 0 Å². The Morgan fingerprint density at radius 1 is 1.17 bits per heavy atom. The summed E-state index contributed by atoms with van der Waals surface area (Å²) in [7, 11) is 0. The first kappa shape index (κ1) is 9.03. The molecule has 0 aromatic rings. The molecule has 2 N–H and O–H groups in total. The second kappa shape index (κ2) is 4.09. The minimum absolute atomic E-state index is 0.0742. The lowest BCUT2D eigenvalue weighted by Crippen LogP contribution is -2.35. The van der Waals surface area contributed by atoms with Gasteiger partial charge in [-0.1, -0.05) is 19.3 Å². The molecule has 4 heteroatoms. The Labute approximate surface area is 71.0 Å². The molecule has 0 bridgehead atoms. The third-order valence-electron chi connectivity index (χ3n) is 2.21. The van der Waals surface area contributed by atoms with Crippen LogP contribution in [0.2, 0.25) is 0 Å². The van der Waals surface area contributed by atoms with Crippen LogP contribution in [0.4, 0.5) is 4.79 Å². The maximum Gasteiger partial charge on any atom is 0.411 e.